The summed E-state index contributed by atoms with van der Waals surface area (Å²) in [5.74, 6) is -0.299. The third-order valence-corrected chi connectivity index (χ3v) is 8.21. The van der Waals surface area contributed by atoms with E-state index in [-0.39, 0.29) is 12.5 Å². The van der Waals surface area contributed by atoms with Crippen LogP contribution in [0.3, 0.4) is 0 Å². The summed E-state index contributed by atoms with van der Waals surface area (Å²) in [4.78, 5) is 15.7. The van der Waals surface area contributed by atoms with E-state index in [9.17, 15) is 17.6 Å². The Balaban J connectivity index is 1.43. The summed E-state index contributed by atoms with van der Waals surface area (Å²) in [5, 5.41) is 0. The summed E-state index contributed by atoms with van der Waals surface area (Å²) < 4.78 is 42.8. The van der Waals surface area contributed by atoms with Crippen molar-refractivity contribution in [2.75, 3.05) is 44.7 Å². The van der Waals surface area contributed by atoms with E-state index in [0.29, 0.717) is 38.2 Å². The minimum absolute atomic E-state index is 0.0104. The highest BCUT2D eigenvalue weighted by atomic mass is 32.2. The Morgan fingerprint density at radius 1 is 1.03 bits per heavy atom. The lowest BCUT2D eigenvalue weighted by Crippen LogP contribution is -2.48. The van der Waals surface area contributed by atoms with Crippen molar-refractivity contribution in [2.45, 2.75) is 26.4 Å². The van der Waals surface area contributed by atoms with Gasteiger partial charge in [0.1, 0.15) is 5.82 Å². The number of anilines is 1. The van der Waals surface area contributed by atoms with Gasteiger partial charge in [-0.1, -0.05) is 24.3 Å². The summed E-state index contributed by atoms with van der Waals surface area (Å²) in [7, 11) is -2.23. The highest BCUT2D eigenvalue weighted by molar-refractivity contribution is 7.86. The first-order chi connectivity index (χ1) is 15.3. The highest BCUT2D eigenvalue weighted by Crippen LogP contribution is 2.28. The molecule has 0 aromatic heterocycles. The molecule has 2 aromatic rings. The van der Waals surface area contributed by atoms with Gasteiger partial charge in [0.25, 0.3) is 10.2 Å². The molecule has 0 aliphatic carbocycles. The van der Waals surface area contributed by atoms with Gasteiger partial charge in [0.15, 0.2) is 0 Å². The van der Waals surface area contributed by atoms with Crippen molar-refractivity contribution in [3.63, 3.8) is 0 Å². The van der Waals surface area contributed by atoms with Gasteiger partial charge < -0.3 is 9.80 Å². The molecule has 1 fully saturated rings. The third kappa shape index (κ3) is 4.65. The van der Waals surface area contributed by atoms with E-state index < -0.39 is 16.0 Å². The summed E-state index contributed by atoms with van der Waals surface area (Å²) in [6.07, 6.45) is 0.628. The van der Waals surface area contributed by atoms with Crippen LogP contribution >= 0.6 is 0 Å². The van der Waals surface area contributed by atoms with Gasteiger partial charge >= 0.3 is 0 Å². The summed E-state index contributed by atoms with van der Waals surface area (Å²) in [6.45, 7) is 5.29. The molecule has 0 unspecified atom stereocenters. The van der Waals surface area contributed by atoms with Crippen molar-refractivity contribution in [2.24, 2.45) is 0 Å². The second-order valence-corrected chi connectivity index (χ2v) is 10.4. The van der Waals surface area contributed by atoms with Crippen molar-refractivity contribution in [1.29, 1.82) is 0 Å². The molecule has 2 aliphatic heterocycles. The molecule has 0 radical (unpaired) electrons. The number of nitrogens with zero attached hydrogens (tertiary/aromatic N) is 4. The maximum absolute atomic E-state index is 14.0. The number of rotatable bonds is 5. The van der Waals surface area contributed by atoms with Crippen LogP contribution in [0, 0.1) is 5.82 Å². The zero-order chi connectivity index (χ0) is 22.9. The van der Waals surface area contributed by atoms with Gasteiger partial charge in [-0.3, -0.25) is 4.79 Å². The van der Waals surface area contributed by atoms with Crippen LogP contribution in [0.25, 0.3) is 0 Å². The maximum atomic E-state index is 14.0. The molecule has 2 aromatic carbocycles. The number of halogens is 1. The van der Waals surface area contributed by atoms with E-state index in [1.165, 1.54) is 21.7 Å². The van der Waals surface area contributed by atoms with Gasteiger partial charge in [-0.15, -0.1) is 0 Å². The van der Waals surface area contributed by atoms with E-state index in [0.717, 1.165) is 29.9 Å². The number of carbonyl (C=O) groups is 1. The Kier molecular flexibility index (Phi) is 6.50. The second-order valence-electron chi connectivity index (χ2n) is 8.38. The molecule has 7 nitrogen and oxygen atoms in total. The topological polar surface area (TPSA) is 64.2 Å². The van der Waals surface area contributed by atoms with Crippen molar-refractivity contribution < 1.29 is 17.6 Å². The fourth-order valence-electron chi connectivity index (χ4n) is 4.33. The zero-order valence-corrected chi connectivity index (χ0v) is 19.3. The minimum atomic E-state index is -3.71. The molecule has 0 spiro atoms. The third-order valence-electron chi connectivity index (χ3n) is 6.33. The largest absolute Gasteiger partial charge is 0.368 e. The van der Waals surface area contributed by atoms with Crippen molar-refractivity contribution in [1.82, 2.24) is 13.5 Å². The second kappa shape index (κ2) is 9.17. The molecule has 2 aliphatic rings. The standard InChI is InChI=1S/C23H29FN4O3S/c1-18(29)26-11-13-27(14-12-26)22-8-7-20-17-28(10-9-19(20)15-22)32(30,31)25(2)16-21-5-3-4-6-23(21)24/h3-8,15H,9-14,16-17H2,1-2H3. The smallest absolute Gasteiger partial charge is 0.282 e. The molecule has 0 bridgehead atoms. The van der Waals surface area contributed by atoms with Gasteiger partial charge in [0.2, 0.25) is 5.91 Å². The van der Waals surface area contributed by atoms with Crippen LogP contribution in [0.5, 0.6) is 0 Å². The molecular weight excluding hydrogens is 431 g/mol. The van der Waals surface area contributed by atoms with E-state index in [2.05, 4.69) is 11.0 Å². The average Bonchev–Trinajstić information content (AvgIpc) is 2.79. The molecule has 0 atom stereocenters. The number of hydrogen-bond donors (Lipinski definition) is 0. The van der Waals surface area contributed by atoms with E-state index in [1.807, 2.05) is 17.0 Å². The zero-order valence-electron chi connectivity index (χ0n) is 18.5. The molecule has 32 heavy (non-hydrogen) atoms. The van der Waals surface area contributed by atoms with Crippen LogP contribution in [0.2, 0.25) is 0 Å². The van der Waals surface area contributed by atoms with Crippen LogP contribution in [0.4, 0.5) is 10.1 Å². The van der Waals surface area contributed by atoms with E-state index in [1.54, 1.807) is 25.1 Å². The number of fused-ring (bicyclic) bond motifs is 1. The van der Waals surface area contributed by atoms with Crippen LogP contribution < -0.4 is 4.90 Å². The molecule has 2 heterocycles. The molecule has 0 N–H and O–H groups in total. The van der Waals surface area contributed by atoms with Crippen LogP contribution in [0.15, 0.2) is 42.5 Å². The Morgan fingerprint density at radius 3 is 2.44 bits per heavy atom. The molecule has 1 amide bonds. The Morgan fingerprint density at radius 2 is 1.75 bits per heavy atom. The van der Waals surface area contributed by atoms with Gasteiger partial charge in [-0.25, -0.2) is 4.39 Å². The van der Waals surface area contributed by atoms with Crippen LogP contribution in [-0.4, -0.2) is 67.6 Å². The van der Waals surface area contributed by atoms with Crippen molar-refractivity contribution >= 4 is 21.8 Å². The summed E-state index contributed by atoms with van der Waals surface area (Å²) in [6, 6.07) is 12.4. The fourth-order valence-corrected chi connectivity index (χ4v) is 5.65. The van der Waals surface area contributed by atoms with E-state index >= 15 is 0 Å². The molecule has 0 saturated carbocycles. The normalized spacial score (nSPS) is 17.5. The van der Waals surface area contributed by atoms with Crippen LogP contribution in [0.1, 0.15) is 23.6 Å². The van der Waals surface area contributed by atoms with Gasteiger partial charge in [0.05, 0.1) is 0 Å². The number of piperazine rings is 1. The van der Waals surface area contributed by atoms with Gasteiger partial charge in [-0.05, 0) is 35.7 Å². The predicted octanol–water partition coefficient (Wildman–Crippen LogP) is 2.23. The summed E-state index contributed by atoms with van der Waals surface area (Å²) >= 11 is 0. The van der Waals surface area contributed by atoms with Crippen molar-refractivity contribution in [3.8, 4) is 0 Å². The average molecular weight is 461 g/mol. The SMILES string of the molecule is CC(=O)N1CCN(c2ccc3c(c2)CCN(S(=O)(=O)N(C)Cc2ccccc2F)C3)CC1. The predicted molar refractivity (Wildman–Crippen MR) is 122 cm³/mol. The van der Waals surface area contributed by atoms with Crippen LogP contribution in [-0.2, 0) is 34.5 Å². The number of amides is 1. The lowest BCUT2D eigenvalue weighted by Gasteiger charge is -2.36. The number of benzene rings is 2. The minimum Gasteiger partial charge on any atom is -0.368 e. The van der Waals surface area contributed by atoms with E-state index in [4.69, 9.17) is 0 Å². The lowest BCUT2D eigenvalue weighted by molar-refractivity contribution is -0.129. The molecule has 172 valence electrons. The van der Waals surface area contributed by atoms with Gasteiger partial charge in [0, 0.05) is 71.0 Å². The molecule has 9 heteroatoms. The van der Waals surface area contributed by atoms with Gasteiger partial charge in [-0.2, -0.15) is 17.0 Å². The monoisotopic (exact) mass is 460 g/mol. The number of hydrogen-bond acceptors (Lipinski definition) is 4. The molecular formula is C23H29FN4O3S. The Labute approximate surface area is 189 Å². The summed E-state index contributed by atoms with van der Waals surface area (Å²) in [5.41, 5.74) is 3.61. The lowest BCUT2D eigenvalue weighted by atomic mass is 10.00. The molecule has 4 rings (SSSR count). The highest BCUT2D eigenvalue weighted by Gasteiger charge is 2.31. The fraction of sp³-hybridized carbons (Fsp3) is 0.435. The number of carbonyl (C=O) groups excluding carboxylic acids is 1. The first-order valence-electron chi connectivity index (χ1n) is 10.8. The first-order valence-corrected chi connectivity index (χ1v) is 12.2. The maximum Gasteiger partial charge on any atom is 0.282 e. The Bertz CT molecular complexity index is 1100. The molecule has 1 saturated heterocycles. The van der Waals surface area contributed by atoms with Crippen molar-refractivity contribution in [3.05, 3.63) is 65.0 Å². The Hall–Kier alpha value is -2.49. The first kappa shape index (κ1) is 22.7. The quantitative estimate of drug-likeness (QED) is 0.687.